The van der Waals surface area contributed by atoms with Gasteiger partial charge < -0.3 is 9.51 Å². The van der Waals surface area contributed by atoms with E-state index in [1.54, 1.807) is 6.92 Å². The van der Waals surface area contributed by atoms with Gasteiger partial charge in [0.2, 0.25) is 0 Å². The molecule has 0 spiro atoms. The predicted molar refractivity (Wildman–Crippen MR) is 66.0 cm³/mol. The second-order valence-corrected chi connectivity index (χ2v) is 4.18. The largest absolute Gasteiger partial charge is 0.476 e. The molecule has 3 aromatic heterocycles. The molecule has 1 N–H and O–H groups in total. The first-order chi connectivity index (χ1) is 9.15. The lowest BCUT2D eigenvalue weighted by atomic mass is 10.3. The average molecular weight is 257 g/mol. The fourth-order valence-corrected chi connectivity index (χ4v) is 1.92. The van der Waals surface area contributed by atoms with Crippen molar-refractivity contribution in [2.75, 3.05) is 0 Å². The maximum atomic E-state index is 10.9. The van der Waals surface area contributed by atoms with E-state index in [0.29, 0.717) is 12.2 Å². The third kappa shape index (κ3) is 1.95. The molecule has 0 radical (unpaired) electrons. The van der Waals surface area contributed by atoms with Crippen LogP contribution < -0.4 is 0 Å². The number of carbonyl (C=O) groups is 1. The van der Waals surface area contributed by atoms with Gasteiger partial charge in [-0.2, -0.15) is 0 Å². The summed E-state index contributed by atoms with van der Waals surface area (Å²) in [5.41, 5.74) is 2.14. The Hall–Kier alpha value is -2.70. The molecule has 7 nitrogen and oxygen atoms in total. The number of carboxylic acid groups (broad SMARTS) is 1. The molecule has 7 heteroatoms. The number of carboxylic acids is 1. The maximum Gasteiger partial charge on any atom is 0.358 e. The van der Waals surface area contributed by atoms with Gasteiger partial charge in [0.25, 0.3) is 0 Å². The summed E-state index contributed by atoms with van der Waals surface area (Å²) in [5.74, 6) is -1.07. The number of rotatable bonds is 3. The molecule has 0 aromatic carbocycles. The highest BCUT2D eigenvalue weighted by Gasteiger charge is 2.15. The van der Waals surface area contributed by atoms with Gasteiger partial charge >= 0.3 is 5.97 Å². The highest BCUT2D eigenvalue weighted by Crippen LogP contribution is 2.09. The molecule has 0 fully saturated rings. The summed E-state index contributed by atoms with van der Waals surface area (Å²) in [6, 6.07) is 5.73. The number of imidazole rings is 1. The molecule has 0 bridgehead atoms. The molecule has 0 saturated heterocycles. The number of fused-ring (bicyclic) bond motifs is 1. The van der Waals surface area contributed by atoms with Crippen molar-refractivity contribution in [2.24, 2.45) is 0 Å². The van der Waals surface area contributed by atoms with E-state index >= 15 is 0 Å². The molecular formula is C12H11N5O2. The first-order valence-electron chi connectivity index (χ1n) is 5.71. The molecule has 0 aliphatic rings. The van der Waals surface area contributed by atoms with Crippen molar-refractivity contribution in [3.05, 3.63) is 47.7 Å². The number of aromatic carboxylic acids is 1. The summed E-state index contributed by atoms with van der Waals surface area (Å²) in [6.45, 7) is 2.08. The number of aromatic nitrogens is 5. The van der Waals surface area contributed by atoms with E-state index < -0.39 is 5.97 Å². The van der Waals surface area contributed by atoms with Crippen LogP contribution in [-0.2, 0) is 6.54 Å². The molecule has 3 rings (SSSR count). The fraction of sp³-hybridized carbons (Fsp3) is 0.167. The van der Waals surface area contributed by atoms with E-state index in [0.717, 1.165) is 11.3 Å². The Morgan fingerprint density at radius 2 is 2.26 bits per heavy atom. The fourth-order valence-electron chi connectivity index (χ4n) is 1.92. The lowest BCUT2D eigenvalue weighted by Crippen LogP contribution is -2.06. The van der Waals surface area contributed by atoms with Crippen molar-refractivity contribution in [3.63, 3.8) is 0 Å². The van der Waals surface area contributed by atoms with Crippen molar-refractivity contribution < 1.29 is 9.90 Å². The highest BCUT2D eigenvalue weighted by atomic mass is 16.4. The van der Waals surface area contributed by atoms with Gasteiger partial charge in [-0.3, -0.25) is 0 Å². The minimum atomic E-state index is -1.07. The Kier molecular flexibility index (Phi) is 2.52. The van der Waals surface area contributed by atoms with E-state index in [1.165, 1.54) is 4.68 Å². The van der Waals surface area contributed by atoms with Gasteiger partial charge in [0, 0.05) is 12.4 Å². The first-order valence-corrected chi connectivity index (χ1v) is 5.71. The summed E-state index contributed by atoms with van der Waals surface area (Å²) in [5, 5.41) is 16.4. The van der Waals surface area contributed by atoms with Crippen LogP contribution in [0.25, 0.3) is 5.65 Å². The monoisotopic (exact) mass is 257 g/mol. The van der Waals surface area contributed by atoms with Crippen molar-refractivity contribution in [3.8, 4) is 0 Å². The smallest absolute Gasteiger partial charge is 0.358 e. The van der Waals surface area contributed by atoms with E-state index in [-0.39, 0.29) is 5.69 Å². The Morgan fingerprint density at radius 3 is 2.95 bits per heavy atom. The number of pyridine rings is 1. The lowest BCUT2D eigenvalue weighted by Gasteiger charge is -1.99. The molecule has 0 saturated carbocycles. The van der Waals surface area contributed by atoms with Crippen LogP contribution in [0, 0.1) is 6.92 Å². The van der Waals surface area contributed by atoms with Gasteiger partial charge in [-0.15, -0.1) is 5.10 Å². The van der Waals surface area contributed by atoms with Gasteiger partial charge in [-0.1, -0.05) is 11.3 Å². The number of hydrogen-bond acceptors (Lipinski definition) is 4. The van der Waals surface area contributed by atoms with Crippen LogP contribution in [0.4, 0.5) is 0 Å². The van der Waals surface area contributed by atoms with Gasteiger partial charge in [0.15, 0.2) is 5.69 Å². The molecule has 0 unspecified atom stereocenters. The van der Waals surface area contributed by atoms with Crippen LogP contribution >= 0.6 is 0 Å². The summed E-state index contributed by atoms with van der Waals surface area (Å²) in [4.78, 5) is 15.3. The van der Waals surface area contributed by atoms with Gasteiger partial charge in [-0.05, 0) is 19.1 Å². The third-order valence-corrected chi connectivity index (χ3v) is 2.91. The molecular weight excluding hydrogens is 246 g/mol. The van der Waals surface area contributed by atoms with Crippen molar-refractivity contribution in [1.82, 2.24) is 24.4 Å². The standard InChI is InChI=1S/C12H11N5O2/c1-8-11(12(18)19)14-15-17(8)7-9-6-16-5-3-2-4-10(16)13-9/h2-6H,7H2,1H3,(H,18,19). The zero-order valence-electron chi connectivity index (χ0n) is 10.2. The quantitative estimate of drug-likeness (QED) is 0.756. The molecule has 3 heterocycles. The van der Waals surface area contributed by atoms with E-state index in [9.17, 15) is 4.79 Å². The average Bonchev–Trinajstić information content (AvgIpc) is 2.94. The van der Waals surface area contributed by atoms with Crippen LogP contribution in [0.5, 0.6) is 0 Å². The summed E-state index contributed by atoms with van der Waals surface area (Å²) < 4.78 is 3.44. The zero-order valence-corrected chi connectivity index (χ0v) is 10.2. The lowest BCUT2D eigenvalue weighted by molar-refractivity contribution is 0.0689. The number of nitrogens with zero attached hydrogens (tertiary/aromatic N) is 5. The minimum absolute atomic E-state index is 0.0243. The molecule has 0 amide bonds. The second kappa shape index (κ2) is 4.20. The molecule has 19 heavy (non-hydrogen) atoms. The van der Waals surface area contributed by atoms with E-state index in [1.807, 2.05) is 35.0 Å². The van der Waals surface area contributed by atoms with E-state index in [4.69, 9.17) is 5.11 Å². The Morgan fingerprint density at radius 1 is 1.42 bits per heavy atom. The van der Waals surface area contributed by atoms with Crippen LogP contribution in [-0.4, -0.2) is 35.5 Å². The minimum Gasteiger partial charge on any atom is -0.476 e. The number of hydrogen-bond donors (Lipinski definition) is 1. The summed E-state index contributed by atoms with van der Waals surface area (Å²) >= 11 is 0. The topological polar surface area (TPSA) is 85.3 Å². The van der Waals surface area contributed by atoms with Gasteiger partial charge in [0.05, 0.1) is 17.9 Å². The second-order valence-electron chi connectivity index (χ2n) is 4.18. The van der Waals surface area contributed by atoms with Crippen LogP contribution in [0.3, 0.4) is 0 Å². The van der Waals surface area contributed by atoms with Crippen molar-refractivity contribution >= 4 is 11.6 Å². The third-order valence-electron chi connectivity index (χ3n) is 2.91. The van der Waals surface area contributed by atoms with E-state index in [2.05, 4.69) is 15.3 Å². The first kappa shape index (κ1) is 11.4. The Balaban J connectivity index is 1.94. The Bertz CT molecular complexity index is 725. The normalized spacial score (nSPS) is 11.0. The molecule has 3 aromatic rings. The van der Waals surface area contributed by atoms with Crippen molar-refractivity contribution in [1.29, 1.82) is 0 Å². The molecule has 0 atom stereocenters. The van der Waals surface area contributed by atoms with Crippen LogP contribution in [0.1, 0.15) is 21.9 Å². The van der Waals surface area contributed by atoms with Gasteiger partial charge in [0.1, 0.15) is 5.65 Å². The maximum absolute atomic E-state index is 10.9. The summed E-state index contributed by atoms with van der Waals surface area (Å²) in [7, 11) is 0. The van der Waals surface area contributed by atoms with Crippen molar-refractivity contribution in [2.45, 2.75) is 13.5 Å². The summed E-state index contributed by atoms with van der Waals surface area (Å²) in [6.07, 6.45) is 3.79. The molecule has 0 aliphatic heterocycles. The molecule has 0 aliphatic carbocycles. The molecule has 96 valence electrons. The highest BCUT2D eigenvalue weighted by molar-refractivity contribution is 5.86. The van der Waals surface area contributed by atoms with Gasteiger partial charge in [-0.25, -0.2) is 14.5 Å². The predicted octanol–water partition coefficient (Wildman–Crippen LogP) is 0.981. The van der Waals surface area contributed by atoms with Crippen LogP contribution in [0.2, 0.25) is 0 Å². The Labute approximate surface area is 108 Å². The zero-order chi connectivity index (χ0) is 13.4. The SMILES string of the molecule is Cc1c(C(=O)O)nnn1Cc1cn2ccccc2n1. The van der Waals surface area contributed by atoms with Crippen LogP contribution in [0.15, 0.2) is 30.6 Å².